The number of ether oxygens (including phenoxy) is 1. The van der Waals surface area contributed by atoms with Crippen LogP contribution in [0.3, 0.4) is 0 Å². The summed E-state index contributed by atoms with van der Waals surface area (Å²) in [4.78, 5) is 14.1. The van der Waals surface area contributed by atoms with E-state index in [1.807, 2.05) is 66.7 Å². The fourth-order valence-electron chi connectivity index (χ4n) is 2.79. The second-order valence-electron chi connectivity index (χ2n) is 6.27. The predicted molar refractivity (Wildman–Crippen MR) is 107 cm³/mol. The number of aromatic nitrogens is 3. The molecule has 0 aliphatic carbocycles. The molecule has 0 spiro atoms. The Kier molecular flexibility index (Phi) is 4.62. The van der Waals surface area contributed by atoms with Gasteiger partial charge < -0.3 is 4.74 Å². The largest absolute Gasteiger partial charge is 0.497 e. The zero-order chi connectivity index (χ0) is 18.6. The zero-order valence-corrected chi connectivity index (χ0v) is 15.3. The zero-order valence-electron chi connectivity index (χ0n) is 15.3. The monoisotopic (exact) mass is 353 g/mol. The van der Waals surface area contributed by atoms with E-state index in [1.165, 1.54) is 5.56 Å². The smallest absolute Gasteiger partial charge is 0.164 e. The van der Waals surface area contributed by atoms with Gasteiger partial charge in [0.05, 0.1) is 7.11 Å². The van der Waals surface area contributed by atoms with Crippen molar-refractivity contribution in [2.45, 2.75) is 6.92 Å². The quantitative estimate of drug-likeness (QED) is 0.506. The molecule has 0 radical (unpaired) electrons. The molecule has 0 saturated carbocycles. The molecule has 0 aliphatic heterocycles. The lowest BCUT2D eigenvalue weighted by atomic mass is 10.1. The van der Waals surface area contributed by atoms with Crippen LogP contribution in [-0.4, -0.2) is 22.1 Å². The van der Waals surface area contributed by atoms with Crippen LogP contribution in [0.1, 0.15) is 5.56 Å². The number of hydrogen-bond donors (Lipinski definition) is 0. The van der Waals surface area contributed by atoms with E-state index < -0.39 is 0 Å². The normalized spacial score (nSPS) is 10.6. The van der Waals surface area contributed by atoms with Crippen LogP contribution >= 0.6 is 0 Å². The molecule has 0 fully saturated rings. The molecule has 0 saturated heterocycles. The van der Waals surface area contributed by atoms with Crippen molar-refractivity contribution >= 4 is 0 Å². The minimum absolute atomic E-state index is 0.641. The SMILES string of the molecule is COc1ccc(-c2nc(-c3ccccc3)nc(-c3ccc(C)cc3)n2)cc1. The molecule has 0 amide bonds. The standard InChI is InChI=1S/C23H19N3O/c1-16-8-10-18(11-9-16)22-24-21(17-6-4-3-5-7-17)25-23(26-22)19-12-14-20(27-2)15-13-19/h3-15H,1-2H3. The van der Waals surface area contributed by atoms with E-state index in [4.69, 9.17) is 19.7 Å². The van der Waals surface area contributed by atoms with Gasteiger partial charge in [-0.15, -0.1) is 0 Å². The number of nitrogens with zero attached hydrogens (tertiary/aromatic N) is 3. The van der Waals surface area contributed by atoms with Crippen molar-refractivity contribution in [3.05, 3.63) is 84.4 Å². The van der Waals surface area contributed by atoms with Gasteiger partial charge in [0.25, 0.3) is 0 Å². The first kappa shape index (κ1) is 16.9. The van der Waals surface area contributed by atoms with E-state index in [0.717, 1.165) is 22.4 Å². The van der Waals surface area contributed by atoms with Crippen molar-refractivity contribution in [3.63, 3.8) is 0 Å². The van der Waals surface area contributed by atoms with Crippen molar-refractivity contribution in [2.75, 3.05) is 7.11 Å². The maximum Gasteiger partial charge on any atom is 0.164 e. The molecule has 27 heavy (non-hydrogen) atoms. The van der Waals surface area contributed by atoms with E-state index >= 15 is 0 Å². The molecule has 1 aromatic heterocycles. The van der Waals surface area contributed by atoms with Gasteiger partial charge in [0.1, 0.15) is 5.75 Å². The summed E-state index contributed by atoms with van der Waals surface area (Å²) >= 11 is 0. The van der Waals surface area contributed by atoms with Crippen molar-refractivity contribution in [3.8, 4) is 39.9 Å². The third kappa shape index (κ3) is 3.70. The van der Waals surface area contributed by atoms with Crippen LogP contribution in [0, 0.1) is 6.92 Å². The summed E-state index contributed by atoms with van der Waals surface area (Å²) in [6.45, 7) is 2.06. The molecule has 3 aromatic carbocycles. The van der Waals surface area contributed by atoms with Gasteiger partial charge in [0, 0.05) is 16.7 Å². The number of methoxy groups -OCH3 is 1. The lowest BCUT2D eigenvalue weighted by Crippen LogP contribution is -2.00. The Labute approximate surface area is 158 Å². The van der Waals surface area contributed by atoms with Gasteiger partial charge >= 0.3 is 0 Å². The van der Waals surface area contributed by atoms with Crippen molar-refractivity contribution < 1.29 is 4.74 Å². The average molecular weight is 353 g/mol. The molecule has 4 heteroatoms. The van der Waals surface area contributed by atoms with Gasteiger partial charge in [0.2, 0.25) is 0 Å². The minimum atomic E-state index is 0.641. The Hall–Kier alpha value is -3.53. The Morgan fingerprint density at radius 1 is 0.556 bits per heavy atom. The summed E-state index contributed by atoms with van der Waals surface area (Å²) in [6, 6.07) is 25.9. The highest BCUT2D eigenvalue weighted by Gasteiger charge is 2.12. The summed E-state index contributed by atoms with van der Waals surface area (Å²) in [5.74, 6) is 2.76. The van der Waals surface area contributed by atoms with Crippen LogP contribution in [0.25, 0.3) is 34.2 Å². The van der Waals surface area contributed by atoms with E-state index in [2.05, 4.69) is 19.1 Å². The molecule has 4 aromatic rings. The van der Waals surface area contributed by atoms with Crippen molar-refractivity contribution in [1.29, 1.82) is 0 Å². The number of aryl methyl sites for hydroxylation is 1. The van der Waals surface area contributed by atoms with Crippen molar-refractivity contribution in [2.24, 2.45) is 0 Å². The first-order valence-electron chi connectivity index (χ1n) is 8.76. The van der Waals surface area contributed by atoms with E-state index in [0.29, 0.717) is 17.5 Å². The average Bonchev–Trinajstić information content (AvgIpc) is 2.74. The maximum atomic E-state index is 5.25. The first-order valence-corrected chi connectivity index (χ1v) is 8.76. The molecular weight excluding hydrogens is 334 g/mol. The lowest BCUT2D eigenvalue weighted by Gasteiger charge is -2.09. The number of benzene rings is 3. The van der Waals surface area contributed by atoms with Gasteiger partial charge in [-0.3, -0.25) is 0 Å². The van der Waals surface area contributed by atoms with Crippen LogP contribution in [0.4, 0.5) is 0 Å². The Balaban J connectivity index is 1.87. The summed E-state index contributed by atoms with van der Waals surface area (Å²) in [5.41, 5.74) is 4.05. The summed E-state index contributed by atoms with van der Waals surface area (Å²) in [6.07, 6.45) is 0. The summed E-state index contributed by atoms with van der Waals surface area (Å²) in [5, 5.41) is 0. The van der Waals surface area contributed by atoms with E-state index in [-0.39, 0.29) is 0 Å². The van der Waals surface area contributed by atoms with E-state index in [9.17, 15) is 0 Å². The fourth-order valence-corrected chi connectivity index (χ4v) is 2.79. The molecule has 132 valence electrons. The fraction of sp³-hybridized carbons (Fsp3) is 0.0870. The molecule has 4 nitrogen and oxygen atoms in total. The third-order valence-corrected chi connectivity index (χ3v) is 4.33. The highest BCUT2D eigenvalue weighted by Crippen LogP contribution is 2.25. The van der Waals surface area contributed by atoms with Gasteiger partial charge in [-0.1, -0.05) is 60.2 Å². The van der Waals surface area contributed by atoms with Crippen LogP contribution < -0.4 is 4.74 Å². The lowest BCUT2D eigenvalue weighted by molar-refractivity contribution is 0.415. The highest BCUT2D eigenvalue weighted by molar-refractivity contribution is 5.66. The molecule has 0 atom stereocenters. The number of hydrogen-bond acceptors (Lipinski definition) is 4. The van der Waals surface area contributed by atoms with Gasteiger partial charge in [-0.05, 0) is 31.2 Å². The van der Waals surface area contributed by atoms with Crippen LogP contribution in [0.5, 0.6) is 5.75 Å². The molecule has 0 bridgehead atoms. The van der Waals surface area contributed by atoms with Crippen LogP contribution in [-0.2, 0) is 0 Å². The van der Waals surface area contributed by atoms with Crippen LogP contribution in [0.15, 0.2) is 78.9 Å². The Morgan fingerprint density at radius 3 is 1.48 bits per heavy atom. The predicted octanol–water partition coefficient (Wildman–Crippen LogP) is 5.19. The Morgan fingerprint density at radius 2 is 1.00 bits per heavy atom. The highest BCUT2D eigenvalue weighted by atomic mass is 16.5. The molecule has 0 unspecified atom stereocenters. The molecule has 4 rings (SSSR count). The second kappa shape index (κ2) is 7.38. The second-order valence-corrected chi connectivity index (χ2v) is 6.27. The maximum absolute atomic E-state index is 5.25. The third-order valence-electron chi connectivity index (χ3n) is 4.33. The first-order chi connectivity index (χ1) is 13.2. The van der Waals surface area contributed by atoms with E-state index in [1.54, 1.807) is 7.11 Å². The van der Waals surface area contributed by atoms with Crippen LogP contribution in [0.2, 0.25) is 0 Å². The summed E-state index contributed by atoms with van der Waals surface area (Å²) in [7, 11) is 1.65. The molecule has 0 N–H and O–H groups in total. The van der Waals surface area contributed by atoms with Gasteiger partial charge in [-0.25, -0.2) is 15.0 Å². The molecular formula is C23H19N3O. The minimum Gasteiger partial charge on any atom is -0.497 e. The topological polar surface area (TPSA) is 47.9 Å². The molecule has 1 heterocycles. The van der Waals surface area contributed by atoms with Gasteiger partial charge in [-0.2, -0.15) is 0 Å². The Bertz CT molecular complexity index is 1040. The van der Waals surface area contributed by atoms with Crippen molar-refractivity contribution in [1.82, 2.24) is 15.0 Å². The van der Waals surface area contributed by atoms with Gasteiger partial charge in [0.15, 0.2) is 17.5 Å². The summed E-state index contributed by atoms with van der Waals surface area (Å²) < 4.78 is 5.25. The molecule has 0 aliphatic rings. The number of rotatable bonds is 4.